The number of nitrogens with zero attached hydrogens (tertiary/aromatic N) is 2. The van der Waals surface area contributed by atoms with E-state index in [9.17, 15) is 9.50 Å². The van der Waals surface area contributed by atoms with Crippen LogP contribution in [0.1, 0.15) is 39.0 Å². The number of aliphatic imine (C=N–C) groups is 1. The zero-order valence-corrected chi connectivity index (χ0v) is 18.4. The summed E-state index contributed by atoms with van der Waals surface area (Å²) in [6.07, 6.45) is 4.86. The van der Waals surface area contributed by atoms with Crippen LogP contribution < -0.4 is 15.5 Å². The molecule has 1 aliphatic heterocycles. The lowest BCUT2D eigenvalue weighted by atomic mass is 10.0. The number of anilines is 1. The molecule has 2 unspecified atom stereocenters. The normalized spacial score (nSPS) is 23.8. The zero-order chi connectivity index (χ0) is 18.4. The SMILES string of the molecule is CCNC(=NCC1CCCC1O)NC1CCN(c2cccc(F)c2)CC1.I. The van der Waals surface area contributed by atoms with Crippen molar-refractivity contribution in [3.05, 3.63) is 30.1 Å². The van der Waals surface area contributed by atoms with Crippen molar-refractivity contribution >= 4 is 35.6 Å². The van der Waals surface area contributed by atoms with Crippen LogP contribution in [0.2, 0.25) is 0 Å². The lowest BCUT2D eigenvalue weighted by molar-refractivity contribution is 0.136. The van der Waals surface area contributed by atoms with E-state index in [0.717, 1.165) is 63.4 Å². The minimum absolute atomic E-state index is 0. The van der Waals surface area contributed by atoms with Crippen molar-refractivity contribution in [3.8, 4) is 0 Å². The Morgan fingerprint density at radius 2 is 2.04 bits per heavy atom. The van der Waals surface area contributed by atoms with Crippen LogP contribution in [-0.2, 0) is 0 Å². The number of aliphatic hydroxyl groups excluding tert-OH is 1. The summed E-state index contributed by atoms with van der Waals surface area (Å²) in [5, 5.41) is 16.8. The molecule has 0 amide bonds. The molecule has 27 heavy (non-hydrogen) atoms. The number of rotatable bonds is 5. The number of hydrogen-bond donors (Lipinski definition) is 3. The van der Waals surface area contributed by atoms with E-state index in [-0.39, 0.29) is 35.9 Å². The van der Waals surface area contributed by atoms with Crippen LogP contribution in [0.5, 0.6) is 0 Å². The lowest BCUT2D eigenvalue weighted by Crippen LogP contribution is -2.49. The maximum Gasteiger partial charge on any atom is 0.191 e. The zero-order valence-electron chi connectivity index (χ0n) is 16.0. The Morgan fingerprint density at radius 1 is 1.26 bits per heavy atom. The van der Waals surface area contributed by atoms with Gasteiger partial charge >= 0.3 is 0 Å². The topological polar surface area (TPSA) is 59.9 Å². The van der Waals surface area contributed by atoms with Crippen LogP contribution in [0.4, 0.5) is 10.1 Å². The quantitative estimate of drug-likeness (QED) is 0.337. The summed E-state index contributed by atoms with van der Waals surface area (Å²) < 4.78 is 13.4. The monoisotopic (exact) mass is 490 g/mol. The van der Waals surface area contributed by atoms with Gasteiger partial charge in [-0.25, -0.2) is 4.39 Å². The molecular formula is C20H32FIN4O. The molecule has 1 saturated carbocycles. The van der Waals surface area contributed by atoms with E-state index < -0.39 is 0 Å². The number of nitrogens with one attached hydrogen (secondary N) is 2. The number of halogens is 2. The fraction of sp³-hybridized carbons (Fsp3) is 0.650. The second kappa shape index (κ2) is 11.0. The van der Waals surface area contributed by atoms with Gasteiger partial charge in [-0.3, -0.25) is 4.99 Å². The first-order valence-electron chi connectivity index (χ1n) is 9.89. The molecule has 1 heterocycles. The van der Waals surface area contributed by atoms with Gasteiger partial charge in [0.15, 0.2) is 5.96 Å². The molecule has 1 aromatic rings. The van der Waals surface area contributed by atoms with Gasteiger partial charge in [-0.05, 0) is 50.8 Å². The van der Waals surface area contributed by atoms with Crippen molar-refractivity contribution in [2.45, 2.75) is 51.2 Å². The average Bonchev–Trinajstić information content (AvgIpc) is 3.05. The number of guanidine groups is 1. The first-order chi connectivity index (χ1) is 12.7. The Hall–Kier alpha value is -1.09. The van der Waals surface area contributed by atoms with Crippen LogP contribution in [-0.4, -0.2) is 49.4 Å². The molecule has 5 nitrogen and oxygen atoms in total. The third-order valence-electron chi connectivity index (χ3n) is 5.46. The molecule has 1 aromatic carbocycles. The van der Waals surface area contributed by atoms with Gasteiger partial charge in [0.1, 0.15) is 5.82 Å². The van der Waals surface area contributed by atoms with Gasteiger partial charge in [0.2, 0.25) is 0 Å². The van der Waals surface area contributed by atoms with Crippen molar-refractivity contribution in [1.82, 2.24) is 10.6 Å². The van der Waals surface area contributed by atoms with Crippen molar-refractivity contribution in [1.29, 1.82) is 0 Å². The highest BCUT2D eigenvalue weighted by Gasteiger charge is 2.25. The molecular weight excluding hydrogens is 458 g/mol. The van der Waals surface area contributed by atoms with Gasteiger partial charge in [0.05, 0.1) is 6.10 Å². The summed E-state index contributed by atoms with van der Waals surface area (Å²) >= 11 is 0. The second-order valence-corrected chi connectivity index (χ2v) is 7.36. The van der Waals surface area contributed by atoms with Crippen LogP contribution >= 0.6 is 24.0 Å². The van der Waals surface area contributed by atoms with E-state index in [1.165, 1.54) is 6.07 Å². The second-order valence-electron chi connectivity index (χ2n) is 7.36. The van der Waals surface area contributed by atoms with Gasteiger partial charge in [-0.2, -0.15) is 0 Å². The molecule has 3 N–H and O–H groups in total. The van der Waals surface area contributed by atoms with Crippen LogP contribution in [0.25, 0.3) is 0 Å². The van der Waals surface area contributed by atoms with Gasteiger partial charge in [0, 0.05) is 43.8 Å². The Kier molecular flexibility index (Phi) is 9.08. The maximum absolute atomic E-state index is 13.4. The van der Waals surface area contributed by atoms with E-state index in [1.54, 1.807) is 12.1 Å². The maximum atomic E-state index is 13.4. The van der Waals surface area contributed by atoms with E-state index in [4.69, 9.17) is 4.99 Å². The molecule has 2 atom stereocenters. The van der Waals surface area contributed by atoms with Crippen LogP contribution in [0.15, 0.2) is 29.3 Å². The van der Waals surface area contributed by atoms with Crippen molar-refractivity contribution in [3.63, 3.8) is 0 Å². The molecule has 7 heteroatoms. The lowest BCUT2D eigenvalue weighted by Gasteiger charge is -2.34. The molecule has 3 rings (SSSR count). The standard InChI is InChI=1S/C20H31FN4O.HI/c1-2-22-20(23-14-15-5-3-8-19(15)26)24-17-9-11-25(12-10-17)18-7-4-6-16(21)13-18;/h4,6-7,13,15,17,19,26H,2-3,5,8-12,14H2,1H3,(H2,22,23,24);1H. The largest absolute Gasteiger partial charge is 0.393 e. The molecule has 0 bridgehead atoms. The number of aliphatic hydroxyl groups is 1. The summed E-state index contributed by atoms with van der Waals surface area (Å²) in [7, 11) is 0. The van der Waals surface area contributed by atoms with E-state index in [1.807, 2.05) is 6.07 Å². The summed E-state index contributed by atoms with van der Waals surface area (Å²) in [5.74, 6) is 0.953. The highest BCUT2D eigenvalue weighted by Crippen LogP contribution is 2.25. The van der Waals surface area contributed by atoms with Crippen molar-refractivity contribution in [2.75, 3.05) is 31.1 Å². The van der Waals surface area contributed by atoms with Crippen molar-refractivity contribution < 1.29 is 9.50 Å². The highest BCUT2D eigenvalue weighted by molar-refractivity contribution is 14.0. The molecule has 1 aliphatic carbocycles. The van der Waals surface area contributed by atoms with E-state index in [0.29, 0.717) is 18.5 Å². The summed E-state index contributed by atoms with van der Waals surface area (Å²) in [6, 6.07) is 7.19. The van der Waals surface area contributed by atoms with Crippen LogP contribution in [0.3, 0.4) is 0 Å². The van der Waals surface area contributed by atoms with Crippen LogP contribution in [0, 0.1) is 11.7 Å². The van der Waals surface area contributed by atoms with Gasteiger partial charge in [0.25, 0.3) is 0 Å². The molecule has 0 aromatic heterocycles. The van der Waals surface area contributed by atoms with Gasteiger partial charge in [-0.1, -0.05) is 12.5 Å². The van der Waals surface area contributed by atoms with E-state index in [2.05, 4.69) is 22.5 Å². The molecule has 2 fully saturated rings. The molecule has 0 spiro atoms. The Morgan fingerprint density at radius 3 is 2.67 bits per heavy atom. The highest BCUT2D eigenvalue weighted by atomic mass is 127. The molecule has 152 valence electrons. The average molecular weight is 490 g/mol. The molecule has 2 aliphatic rings. The van der Waals surface area contributed by atoms with E-state index >= 15 is 0 Å². The summed E-state index contributed by atoms with van der Waals surface area (Å²) in [5.41, 5.74) is 0.958. The smallest absolute Gasteiger partial charge is 0.191 e. The summed E-state index contributed by atoms with van der Waals surface area (Å²) in [6.45, 7) is 5.37. The minimum atomic E-state index is -0.198. The Labute approximate surface area is 178 Å². The fourth-order valence-electron chi connectivity index (χ4n) is 3.91. The third kappa shape index (κ3) is 6.48. The summed E-state index contributed by atoms with van der Waals surface area (Å²) in [4.78, 5) is 6.94. The van der Waals surface area contributed by atoms with Crippen molar-refractivity contribution in [2.24, 2.45) is 10.9 Å². The minimum Gasteiger partial charge on any atom is -0.393 e. The molecule has 0 radical (unpaired) electrons. The molecule has 1 saturated heterocycles. The number of hydrogen-bond acceptors (Lipinski definition) is 3. The first kappa shape index (κ1) is 22.2. The predicted octanol–water partition coefficient (Wildman–Crippen LogP) is 3.13. The third-order valence-corrected chi connectivity index (χ3v) is 5.46. The fourth-order valence-corrected chi connectivity index (χ4v) is 3.91. The Balaban J connectivity index is 0.00000261. The number of benzene rings is 1. The predicted molar refractivity (Wildman–Crippen MR) is 120 cm³/mol. The Bertz CT molecular complexity index is 607. The van der Waals surface area contributed by atoms with Gasteiger partial charge in [-0.15, -0.1) is 24.0 Å². The number of piperidine rings is 1. The first-order valence-corrected chi connectivity index (χ1v) is 9.89. The van der Waals surface area contributed by atoms with Gasteiger partial charge < -0.3 is 20.6 Å².